The van der Waals surface area contributed by atoms with Gasteiger partial charge < -0.3 is 9.88 Å². The van der Waals surface area contributed by atoms with Crippen molar-refractivity contribution >= 4 is 0 Å². The predicted octanol–water partition coefficient (Wildman–Crippen LogP) is 3.04. The number of nitrogens with one attached hydrogen (secondary N) is 1. The normalized spacial score (nSPS) is 11.7. The van der Waals surface area contributed by atoms with Crippen molar-refractivity contribution in [3.8, 4) is 0 Å². The summed E-state index contributed by atoms with van der Waals surface area (Å²) in [5, 5.41) is 2.83. The summed E-state index contributed by atoms with van der Waals surface area (Å²) in [5.74, 6) is -2.81. The summed E-state index contributed by atoms with van der Waals surface area (Å²) in [4.78, 5) is 3.95. The molecule has 0 spiro atoms. The van der Waals surface area contributed by atoms with Crippen LogP contribution in [0.15, 0.2) is 49.1 Å². The van der Waals surface area contributed by atoms with Gasteiger partial charge in [0.05, 0.1) is 12.9 Å². The van der Waals surface area contributed by atoms with Gasteiger partial charge in [0.25, 0.3) is 5.92 Å². The summed E-state index contributed by atoms with van der Waals surface area (Å²) in [7, 11) is 0. The van der Waals surface area contributed by atoms with Crippen molar-refractivity contribution in [1.29, 1.82) is 0 Å². The van der Waals surface area contributed by atoms with Crippen LogP contribution in [0.3, 0.4) is 0 Å². The molecule has 3 nitrogen and oxygen atoms in total. The van der Waals surface area contributed by atoms with E-state index in [0.717, 1.165) is 19.4 Å². The van der Waals surface area contributed by atoms with E-state index in [4.69, 9.17) is 0 Å². The van der Waals surface area contributed by atoms with Crippen LogP contribution < -0.4 is 5.32 Å². The second-order valence-electron chi connectivity index (χ2n) is 4.75. The molecule has 20 heavy (non-hydrogen) atoms. The summed E-state index contributed by atoms with van der Waals surface area (Å²) in [6, 6.07) is 7.92. The number of aromatic nitrogens is 2. The van der Waals surface area contributed by atoms with Crippen LogP contribution in [0.2, 0.25) is 0 Å². The van der Waals surface area contributed by atoms with Gasteiger partial charge in [-0.15, -0.1) is 0 Å². The molecule has 2 rings (SSSR count). The summed E-state index contributed by atoms with van der Waals surface area (Å²) in [5.41, 5.74) is 0.0610. The quantitative estimate of drug-likeness (QED) is 0.753. The van der Waals surface area contributed by atoms with E-state index in [1.807, 2.05) is 10.8 Å². The highest BCUT2D eigenvalue weighted by Crippen LogP contribution is 2.26. The molecule has 0 fully saturated rings. The molecule has 0 aliphatic rings. The zero-order valence-corrected chi connectivity index (χ0v) is 11.3. The molecule has 0 saturated heterocycles. The summed E-state index contributed by atoms with van der Waals surface area (Å²) in [6.45, 7) is 1.15. The third-order valence-corrected chi connectivity index (χ3v) is 3.12. The predicted molar refractivity (Wildman–Crippen MR) is 74.7 cm³/mol. The fourth-order valence-electron chi connectivity index (χ4n) is 1.99. The van der Waals surface area contributed by atoms with E-state index in [-0.39, 0.29) is 12.1 Å². The zero-order valence-electron chi connectivity index (χ0n) is 11.3. The molecule has 0 radical (unpaired) electrons. The second-order valence-corrected chi connectivity index (χ2v) is 4.75. The Kier molecular flexibility index (Phi) is 5.24. The van der Waals surface area contributed by atoms with Gasteiger partial charge in [-0.25, -0.2) is 4.98 Å². The number of unbranched alkanes of at least 4 members (excludes halogenated alkanes) is 1. The molecule has 1 aromatic heterocycles. The molecular formula is C15H19F2N3. The molecule has 0 aliphatic heterocycles. The molecule has 0 unspecified atom stereocenters. The van der Waals surface area contributed by atoms with Crippen LogP contribution in [0.5, 0.6) is 0 Å². The summed E-state index contributed by atoms with van der Waals surface area (Å²) in [6.07, 6.45) is 7.20. The van der Waals surface area contributed by atoms with E-state index >= 15 is 0 Å². The minimum absolute atomic E-state index is 0.0610. The van der Waals surface area contributed by atoms with Gasteiger partial charge in [0, 0.05) is 24.5 Å². The fourth-order valence-corrected chi connectivity index (χ4v) is 1.99. The Hall–Kier alpha value is -1.75. The first-order valence-corrected chi connectivity index (χ1v) is 6.78. The topological polar surface area (TPSA) is 29.9 Å². The Morgan fingerprint density at radius 3 is 2.65 bits per heavy atom. The number of benzene rings is 1. The number of rotatable bonds is 8. The lowest BCUT2D eigenvalue weighted by Gasteiger charge is -2.17. The zero-order chi connectivity index (χ0) is 14.3. The van der Waals surface area contributed by atoms with Gasteiger partial charge in [-0.2, -0.15) is 8.78 Å². The molecule has 1 N–H and O–H groups in total. The van der Waals surface area contributed by atoms with Gasteiger partial charge in [-0.1, -0.05) is 30.3 Å². The van der Waals surface area contributed by atoms with Crippen LogP contribution in [0, 0.1) is 0 Å². The first-order chi connectivity index (χ1) is 9.68. The Morgan fingerprint density at radius 1 is 1.15 bits per heavy atom. The van der Waals surface area contributed by atoms with E-state index in [0.29, 0.717) is 6.54 Å². The Balaban J connectivity index is 1.63. The molecule has 1 heterocycles. The minimum atomic E-state index is -2.81. The first kappa shape index (κ1) is 14.7. The van der Waals surface area contributed by atoms with Gasteiger partial charge in [-0.05, 0) is 19.4 Å². The molecule has 2 aromatic rings. The Labute approximate surface area is 117 Å². The van der Waals surface area contributed by atoms with Gasteiger partial charge >= 0.3 is 0 Å². The molecule has 108 valence electrons. The first-order valence-electron chi connectivity index (χ1n) is 6.78. The minimum Gasteiger partial charge on any atom is -0.337 e. The molecular weight excluding hydrogens is 260 g/mol. The van der Waals surface area contributed by atoms with Crippen LogP contribution in [0.25, 0.3) is 0 Å². The van der Waals surface area contributed by atoms with Crippen molar-refractivity contribution < 1.29 is 8.78 Å². The van der Waals surface area contributed by atoms with Gasteiger partial charge in [0.15, 0.2) is 0 Å². The van der Waals surface area contributed by atoms with Crippen LogP contribution in [0.1, 0.15) is 18.4 Å². The largest absolute Gasteiger partial charge is 0.337 e. The van der Waals surface area contributed by atoms with E-state index in [1.54, 1.807) is 30.7 Å². The lowest BCUT2D eigenvalue weighted by molar-refractivity contribution is -0.00302. The molecule has 0 aliphatic carbocycles. The molecule has 0 amide bonds. The number of hydrogen-bond acceptors (Lipinski definition) is 2. The van der Waals surface area contributed by atoms with Crippen molar-refractivity contribution in [2.75, 3.05) is 13.1 Å². The van der Waals surface area contributed by atoms with Gasteiger partial charge in [0.2, 0.25) is 0 Å². The maximum atomic E-state index is 13.8. The molecule has 5 heteroatoms. The lowest BCUT2D eigenvalue weighted by Crippen LogP contribution is -2.31. The van der Waals surface area contributed by atoms with E-state index in [9.17, 15) is 8.78 Å². The lowest BCUT2D eigenvalue weighted by atomic mass is 10.1. The third kappa shape index (κ3) is 4.42. The molecule has 1 aromatic carbocycles. The fraction of sp³-hybridized carbons (Fsp3) is 0.400. The highest BCUT2D eigenvalue weighted by atomic mass is 19.3. The van der Waals surface area contributed by atoms with Crippen LogP contribution in [0.4, 0.5) is 8.78 Å². The van der Waals surface area contributed by atoms with Crippen molar-refractivity contribution in [2.45, 2.75) is 25.3 Å². The molecule has 0 bridgehead atoms. The standard InChI is InChI=1S/C15H19F2N3/c16-15(17,14-6-2-1-3-7-14)12-18-8-4-5-10-20-11-9-19-13-20/h1-3,6-7,9,11,13,18H,4-5,8,10,12H2. The van der Waals surface area contributed by atoms with E-state index < -0.39 is 5.92 Å². The average molecular weight is 279 g/mol. The number of hydrogen-bond donors (Lipinski definition) is 1. The number of aryl methyl sites for hydroxylation is 1. The third-order valence-electron chi connectivity index (χ3n) is 3.12. The van der Waals surface area contributed by atoms with Gasteiger partial charge in [-0.3, -0.25) is 0 Å². The monoisotopic (exact) mass is 279 g/mol. The smallest absolute Gasteiger partial charge is 0.285 e. The number of alkyl halides is 2. The second kappa shape index (κ2) is 7.14. The number of nitrogens with zero attached hydrogens (tertiary/aromatic N) is 2. The molecule has 0 saturated carbocycles. The van der Waals surface area contributed by atoms with Crippen LogP contribution >= 0.6 is 0 Å². The van der Waals surface area contributed by atoms with Crippen molar-refractivity contribution in [3.63, 3.8) is 0 Å². The van der Waals surface area contributed by atoms with Crippen LogP contribution in [-0.2, 0) is 12.5 Å². The maximum Gasteiger partial charge on any atom is 0.285 e. The van der Waals surface area contributed by atoms with Gasteiger partial charge in [0.1, 0.15) is 0 Å². The Bertz CT molecular complexity index is 483. The highest BCUT2D eigenvalue weighted by Gasteiger charge is 2.30. The van der Waals surface area contributed by atoms with Crippen molar-refractivity contribution in [2.24, 2.45) is 0 Å². The Morgan fingerprint density at radius 2 is 1.95 bits per heavy atom. The van der Waals surface area contributed by atoms with Crippen molar-refractivity contribution in [1.82, 2.24) is 14.9 Å². The number of halogens is 2. The summed E-state index contributed by atoms with van der Waals surface area (Å²) >= 11 is 0. The van der Waals surface area contributed by atoms with Crippen LogP contribution in [-0.4, -0.2) is 22.6 Å². The van der Waals surface area contributed by atoms with E-state index in [1.165, 1.54) is 12.1 Å². The highest BCUT2D eigenvalue weighted by molar-refractivity contribution is 5.20. The summed E-state index contributed by atoms with van der Waals surface area (Å²) < 4.78 is 29.6. The maximum absolute atomic E-state index is 13.8. The number of imidazole rings is 1. The van der Waals surface area contributed by atoms with E-state index in [2.05, 4.69) is 10.3 Å². The van der Waals surface area contributed by atoms with Crippen molar-refractivity contribution in [3.05, 3.63) is 54.6 Å². The average Bonchev–Trinajstić information content (AvgIpc) is 2.97. The molecule has 0 atom stereocenters. The SMILES string of the molecule is FC(F)(CNCCCCn1ccnc1)c1ccccc1.